The molecular weight excluding hydrogens is 654 g/mol. The molecule has 0 aliphatic carbocycles. The van der Waals surface area contributed by atoms with Crippen LogP contribution in [0.15, 0.2) is 131 Å². The van der Waals surface area contributed by atoms with Gasteiger partial charge in [-0.1, -0.05) is 85.6 Å². The van der Waals surface area contributed by atoms with Gasteiger partial charge in [0.2, 0.25) is 0 Å². The first-order chi connectivity index (χ1) is 23.4. The fourth-order valence-corrected chi connectivity index (χ4v) is 8.93. The number of urea groups is 2. The summed E-state index contributed by atoms with van der Waals surface area (Å²) in [6.45, 7) is 0.223. The molecule has 0 radical (unpaired) electrons. The van der Waals surface area contributed by atoms with Crippen molar-refractivity contribution in [3.05, 3.63) is 121 Å². The van der Waals surface area contributed by atoms with E-state index in [2.05, 4.69) is 9.49 Å². The molecule has 4 aromatic carbocycles. The standard InChI is InChI=1S/C34H32N4O8P2/c39-31-35-47(43-27-17-7-3-8-18-27,44-28-19-9-4-10-20-28)33(41)37(31)25-15-1-2-16-26-38-32(40)36-48(34(38)42,45-29-21-11-5-12-22-29)46-30-23-13-6-14-24-30/h3-14,17-24H,1-2,15-16,25-26H2. The lowest BCUT2D eigenvalue weighted by atomic mass is 10.2. The van der Waals surface area contributed by atoms with E-state index in [1.807, 2.05) is 0 Å². The number of para-hydroxylation sites is 4. The van der Waals surface area contributed by atoms with E-state index in [9.17, 15) is 19.2 Å². The van der Waals surface area contributed by atoms with E-state index in [1.165, 1.54) is 0 Å². The van der Waals surface area contributed by atoms with Crippen LogP contribution in [0.3, 0.4) is 0 Å². The number of carbonyl (C=O) groups excluding carboxylic acids is 4. The summed E-state index contributed by atoms with van der Waals surface area (Å²) < 4.78 is 32.3. The van der Waals surface area contributed by atoms with Crippen molar-refractivity contribution in [1.82, 2.24) is 9.80 Å². The zero-order valence-corrected chi connectivity index (χ0v) is 27.5. The molecule has 2 aliphatic rings. The predicted molar refractivity (Wildman–Crippen MR) is 180 cm³/mol. The summed E-state index contributed by atoms with van der Waals surface area (Å²) >= 11 is 0. The third kappa shape index (κ3) is 7.35. The molecule has 0 N–H and O–H groups in total. The van der Waals surface area contributed by atoms with E-state index in [-0.39, 0.29) is 13.1 Å². The molecule has 6 rings (SSSR count). The van der Waals surface area contributed by atoms with Crippen LogP contribution < -0.4 is 18.1 Å². The van der Waals surface area contributed by atoms with Crippen molar-refractivity contribution < 1.29 is 37.3 Å². The Morgan fingerprint density at radius 1 is 0.417 bits per heavy atom. The second kappa shape index (κ2) is 14.7. The number of hydrogen-bond acceptors (Lipinski definition) is 8. The maximum Gasteiger partial charge on any atom is 0.415 e. The van der Waals surface area contributed by atoms with Gasteiger partial charge in [0, 0.05) is 13.1 Å². The number of carbonyl (C=O) groups is 4. The molecule has 246 valence electrons. The molecule has 48 heavy (non-hydrogen) atoms. The molecule has 0 spiro atoms. The van der Waals surface area contributed by atoms with Gasteiger partial charge in [0.05, 0.1) is 0 Å². The van der Waals surface area contributed by atoms with Gasteiger partial charge in [-0.05, 0) is 61.4 Å². The minimum absolute atomic E-state index is 0.112. The van der Waals surface area contributed by atoms with Crippen molar-refractivity contribution >= 4 is 38.4 Å². The molecule has 4 aromatic rings. The van der Waals surface area contributed by atoms with Crippen LogP contribution in [0, 0.1) is 0 Å². The van der Waals surface area contributed by atoms with Crippen LogP contribution >= 0.6 is 15.0 Å². The van der Waals surface area contributed by atoms with Crippen molar-refractivity contribution in [3.63, 3.8) is 0 Å². The molecule has 6 amide bonds. The molecule has 14 heteroatoms. The van der Waals surface area contributed by atoms with Gasteiger partial charge in [-0.2, -0.15) is 0 Å². The Labute approximate surface area is 277 Å². The molecule has 2 aliphatic heterocycles. The summed E-state index contributed by atoms with van der Waals surface area (Å²) in [6.07, 6.45) is 2.16. The van der Waals surface area contributed by atoms with Crippen molar-refractivity contribution in [2.45, 2.75) is 25.7 Å². The molecule has 2 heterocycles. The minimum atomic E-state index is -3.70. The smallest absolute Gasteiger partial charge is 0.415 e. The summed E-state index contributed by atoms with van der Waals surface area (Å²) in [6, 6.07) is 33.1. The summed E-state index contributed by atoms with van der Waals surface area (Å²) in [4.78, 5) is 55.3. The van der Waals surface area contributed by atoms with Crippen molar-refractivity contribution in [3.8, 4) is 23.0 Å². The van der Waals surface area contributed by atoms with Crippen LogP contribution in [-0.2, 0) is 0 Å². The van der Waals surface area contributed by atoms with Crippen LogP contribution in [-0.4, -0.2) is 46.2 Å². The highest BCUT2D eigenvalue weighted by atomic mass is 31.2. The monoisotopic (exact) mass is 686 g/mol. The van der Waals surface area contributed by atoms with Gasteiger partial charge in [0.25, 0.3) is 0 Å². The zero-order valence-electron chi connectivity index (χ0n) is 25.7. The van der Waals surface area contributed by atoms with Gasteiger partial charge in [0.15, 0.2) is 0 Å². The van der Waals surface area contributed by atoms with Crippen LogP contribution in [0.4, 0.5) is 19.2 Å². The fraction of sp³-hybridized carbons (Fsp3) is 0.176. The van der Waals surface area contributed by atoms with Gasteiger partial charge in [-0.3, -0.25) is 19.4 Å². The van der Waals surface area contributed by atoms with Crippen molar-refractivity contribution in [2.24, 2.45) is 9.49 Å². The minimum Gasteiger partial charge on any atom is -0.424 e. The Kier molecular flexibility index (Phi) is 10.0. The number of benzene rings is 4. The van der Waals surface area contributed by atoms with E-state index in [1.54, 1.807) is 121 Å². The van der Waals surface area contributed by atoms with Gasteiger partial charge in [0.1, 0.15) is 23.0 Å². The number of nitrogens with zero attached hydrogens (tertiary/aromatic N) is 4. The first-order valence-corrected chi connectivity index (χ1v) is 18.5. The second-order valence-electron chi connectivity index (χ2n) is 10.7. The topological polar surface area (TPSA) is 136 Å². The Morgan fingerprint density at radius 2 is 0.688 bits per heavy atom. The highest BCUT2D eigenvalue weighted by Gasteiger charge is 2.50. The number of unbranched alkanes of at least 4 members (excludes halogenated alkanes) is 3. The highest BCUT2D eigenvalue weighted by molar-refractivity contribution is 7.76. The summed E-state index contributed by atoms with van der Waals surface area (Å²) in [5.41, 5.74) is -1.24. The second-order valence-corrected chi connectivity index (χ2v) is 14.7. The van der Waals surface area contributed by atoms with Gasteiger partial charge >= 0.3 is 38.4 Å². The third-order valence-electron chi connectivity index (χ3n) is 7.24. The van der Waals surface area contributed by atoms with E-state index < -0.39 is 38.4 Å². The quantitative estimate of drug-likeness (QED) is 0.0890. The van der Waals surface area contributed by atoms with Gasteiger partial charge in [-0.25, -0.2) is 9.59 Å². The first kappa shape index (κ1) is 32.7. The lowest BCUT2D eigenvalue weighted by molar-refractivity contribution is 0.204. The summed E-state index contributed by atoms with van der Waals surface area (Å²) in [5, 5.41) is 0. The molecule has 12 nitrogen and oxygen atoms in total. The lowest BCUT2D eigenvalue weighted by Gasteiger charge is -2.22. The number of rotatable bonds is 15. The Morgan fingerprint density at radius 3 is 0.958 bits per heavy atom. The first-order valence-electron chi connectivity index (χ1n) is 15.3. The average molecular weight is 687 g/mol. The van der Waals surface area contributed by atoms with Gasteiger partial charge in [-0.15, -0.1) is 9.49 Å². The summed E-state index contributed by atoms with van der Waals surface area (Å²) in [5.74, 6) is 1.45. The largest absolute Gasteiger partial charge is 0.424 e. The van der Waals surface area contributed by atoms with Crippen LogP contribution in [0.5, 0.6) is 23.0 Å². The van der Waals surface area contributed by atoms with E-state index in [4.69, 9.17) is 18.1 Å². The molecular formula is C34H32N4O8P2. The molecule has 0 bridgehead atoms. The number of imide groups is 2. The van der Waals surface area contributed by atoms with Crippen molar-refractivity contribution in [2.75, 3.05) is 13.1 Å². The maximum atomic E-state index is 13.6. The Balaban J connectivity index is 1.05. The van der Waals surface area contributed by atoms with E-state index in [0.29, 0.717) is 48.7 Å². The zero-order chi connectivity index (χ0) is 33.4. The SMILES string of the molecule is O=C1N=P(Oc2ccccc2)(Oc2ccccc2)C(=O)N1CCCCCCN1C(=O)N=P(Oc2ccccc2)(Oc2ccccc2)C1=O. The van der Waals surface area contributed by atoms with Crippen LogP contribution in [0.25, 0.3) is 0 Å². The molecule has 0 saturated carbocycles. The predicted octanol–water partition coefficient (Wildman–Crippen LogP) is 10.0. The highest BCUT2D eigenvalue weighted by Crippen LogP contribution is 2.58. The maximum absolute atomic E-state index is 13.6. The lowest BCUT2D eigenvalue weighted by Crippen LogP contribution is -2.31. The number of amides is 6. The molecule has 0 unspecified atom stereocenters. The normalized spacial score (nSPS) is 16.3. The third-order valence-corrected chi connectivity index (χ3v) is 11.4. The summed E-state index contributed by atoms with van der Waals surface area (Å²) in [7, 11) is -7.39. The van der Waals surface area contributed by atoms with Gasteiger partial charge < -0.3 is 18.1 Å². The Bertz CT molecular complexity index is 1660. The Hall–Kier alpha value is -5.18. The fourth-order valence-electron chi connectivity index (χ4n) is 4.94. The molecule has 0 aromatic heterocycles. The molecule has 0 fully saturated rings. The number of hydrogen-bond donors (Lipinski definition) is 0. The van der Waals surface area contributed by atoms with E-state index in [0.717, 1.165) is 9.80 Å². The van der Waals surface area contributed by atoms with Crippen LogP contribution in [0.2, 0.25) is 0 Å². The molecule has 0 atom stereocenters. The van der Waals surface area contributed by atoms with Crippen LogP contribution in [0.1, 0.15) is 25.7 Å². The average Bonchev–Trinajstić information content (AvgIpc) is 3.46. The van der Waals surface area contributed by atoms with Crippen molar-refractivity contribution in [1.29, 1.82) is 0 Å². The molecule has 0 saturated heterocycles. The van der Waals surface area contributed by atoms with E-state index >= 15 is 0 Å².